The number of halogens is 1. The van der Waals surface area contributed by atoms with E-state index in [1.165, 1.54) is 12.8 Å². The van der Waals surface area contributed by atoms with Crippen LogP contribution >= 0.6 is 11.6 Å². The van der Waals surface area contributed by atoms with Gasteiger partial charge in [0.05, 0.1) is 6.20 Å². The summed E-state index contributed by atoms with van der Waals surface area (Å²) in [6.07, 6.45) is 7.89. The Hall–Kier alpha value is -2.49. The summed E-state index contributed by atoms with van der Waals surface area (Å²) in [5.41, 5.74) is 0.171. The van der Waals surface area contributed by atoms with Crippen LogP contribution < -0.4 is 0 Å². The molecule has 25 heavy (non-hydrogen) atoms. The lowest BCUT2D eigenvalue weighted by atomic mass is 10.1. The van der Waals surface area contributed by atoms with Gasteiger partial charge in [-0.15, -0.1) is 0 Å². The van der Waals surface area contributed by atoms with Crippen LogP contribution in [-0.4, -0.2) is 41.1 Å². The van der Waals surface area contributed by atoms with Crippen molar-refractivity contribution in [2.45, 2.75) is 38.5 Å². The highest BCUT2D eigenvalue weighted by Gasteiger charge is 2.26. The third kappa shape index (κ3) is 4.99. The van der Waals surface area contributed by atoms with E-state index >= 15 is 0 Å². The van der Waals surface area contributed by atoms with Crippen molar-refractivity contribution in [3.05, 3.63) is 23.2 Å². The summed E-state index contributed by atoms with van der Waals surface area (Å²) < 4.78 is 0. The van der Waals surface area contributed by atoms with Crippen molar-refractivity contribution in [1.29, 1.82) is 15.8 Å². The van der Waals surface area contributed by atoms with Crippen LogP contribution in [0.4, 0.5) is 0 Å². The molecular weight excluding hydrogens is 336 g/mol. The van der Waals surface area contributed by atoms with Crippen LogP contribution in [0.25, 0.3) is 0 Å². The predicted molar refractivity (Wildman–Crippen MR) is 96.1 cm³/mol. The molecule has 0 unspecified atom stereocenters. The summed E-state index contributed by atoms with van der Waals surface area (Å²) >= 11 is 6.29. The Kier molecular flexibility index (Phi) is 7.33. The first kappa shape index (κ1) is 18.8. The second kappa shape index (κ2) is 9.72. The number of rotatable bonds is 4. The van der Waals surface area contributed by atoms with Crippen molar-refractivity contribution in [3.63, 3.8) is 0 Å². The van der Waals surface area contributed by atoms with Gasteiger partial charge in [-0.1, -0.05) is 11.6 Å². The summed E-state index contributed by atoms with van der Waals surface area (Å²) in [4.78, 5) is 8.44. The SMILES string of the molecule is N#CC(C#N)=CN=C(Cl)C(C#N)=C(N1CCCCC1)N1CCCCC1. The van der Waals surface area contributed by atoms with Crippen molar-refractivity contribution in [3.8, 4) is 18.2 Å². The predicted octanol–water partition coefficient (Wildman–Crippen LogP) is 3.26. The molecule has 2 heterocycles. The molecule has 0 aromatic heterocycles. The van der Waals surface area contributed by atoms with Gasteiger partial charge in [0.15, 0.2) is 5.17 Å². The van der Waals surface area contributed by atoms with Gasteiger partial charge in [-0.25, -0.2) is 4.99 Å². The smallest absolute Gasteiger partial charge is 0.150 e. The molecule has 7 heteroatoms. The van der Waals surface area contributed by atoms with Gasteiger partial charge in [0, 0.05) is 26.2 Å². The number of hydrogen-bond acceptors (Lipinski definition) is 6. The van der Waals surface area contributed by atoms with Gasteiger partial charge in [0.2, 0.25) is 0 Å². The zero-order chi connectivity index (χ0) is 18.1. The summed E-state index contributed by atoms with van der Waals surface area (Å²) in [7, 11) is 0. The molecule has 2 saturated heterocycles. The minimum atomic E-state index is -0.145. The molecule has 0 radical (unpaired) electrons. The average molecular weight is 357 g/mol. The van der Waals surface area contributed by atoms with E-state index in [4.69, 9.17) is 22.1 Å². The normalized spacial score (nSPS) is 17.8. The monoisotopic (exact) mass is 356 g/mol. The zero-order valence-corrected chi connectivity index (χ0v) is 15.0. The van der Waals surface area contributed by atoms with Gasteiger partial charge in [-0.3, -0.25) is 0 Å². The van der Waals surface area contributed by atoms with Crippen LogP contribution in [-0.2, 0) is 0 Å². The molecule has 0 saturated carbocycles. The highest BCUT2D eigenvalue weighted by atomic mass is 35.5. The minimum Gasteiger partial charge on any atom is -0.357 e. The molecule has 2 rings (SSSR count). The minimum absolute atomic E-state index is 0.0247. The molecule has 0 aromatic carbocycles. The quantitative estimate of drug-likeness (QED) is 0.569. The lowest BCUT2D eigenvalue weighted by Gasteiger charge is -2.40. The molecule has 2 aliphatic heterocycles. The second-order valence-corrected chi connectivity index (χ2v) is 6.45. The molecule has 0 aliphatic carbocycles. The van der Waals surface area contributed by atoms with E-state index in [2.05, 4.69) is 20.9 Å². The fraction of sp³-hybridized carbons (Fsp3) is 0.556. The first-order chi connectivity index (χ1) is 12.2. The lowest BCUT2D eigenvalue weighted by molar-refractivity contribution is 0.165. The van der Waals surface area contributed by atoms with Crippen molar-refractivity contribution in [1.82, 2.24) is 9.80 Å². The van der Waals surface area contributed by atoms with Crippen LogP contribution in [0, 0.1) is 34.0 Å². The fourth-order valence-corrected chi connectivity index (χ4v) is 3.36. The Morgan fingerprint density at radius 3 is 1.68 bits per heavy atom. The molecule has 130 valence electrons. The maximum atomic E-state index is 9.73. The third-order valence-electron chi connectivity index (χ3n) is 4.40. The van der Waals surface area contributed by atoms with Crippen molar-refractivity contribution in [2.75, 3.05) is 26.2 Å². The Balaban J connectivity index is 2.43. The van der Waals surface area contributed by atoms with E-state index in [0.717, 1.165) is 63.9 Å². The highest BCUT2D eigenvalue weighted by molar-refractivity contribution is 6.70. The number of piperidine rings is 2. The third-order valence-corrected chi connectivity index (χ3v) is 4.69. The second-order valence-electron chi connectivity index (χ2n) is 6.09. The van der Waals surface area contributed by atoms with Gasteiger partial charge in [-0.05, 0) is 38.5 Å². The van der Waals surface area contributed by atoms with Crippen molar-refractivity contribution < 1.29 is 0 Å². The standard InChI is InChI=1S/C18H21ClN6/c19-17(23-14-15(11-20)12-21)16(13-22)18(24-7-3-1-4-8-24)25-9-5-2-6-10-25/h14H,1-10H2. The number of hydrogen-bond donors (Lipinski definition) is 0. The lowest BCUT2D eigenvalue weighted by Crippen LogP contribution is -2.42. The van der Waals surface area contributed by atoms with Gasteiger partial charge < -0.3 is 9.80 Å². The van der Waals surface area contributed by atoms with Gasteiger partial charge in [0.25, 0.3) is 0 Å². The molecule has 2 fully saturated rings. The number of nitrogens with zero attached hydrogens (tertiary/aromatic N) is 6. The molecule has 0 spiro atoms. The summed E-state index contributed by atoms with van der Waals surface area (Å²) in [6.45, 7) is 3.61. The Bertz CT molecular complexity index is 653. The van der Waals surface area contributed by atoms with Gasteiger partial charge >= 0.3 is 0 Å². The van der Waals surface area contributed by atoms with Crippen LogP contribution in [0.15, 0.2) is 28.2 Å². The molecule has 6 nitrogen and oxygen atoms in total. The Labute approximate surface area is 153 Å². The van der Waals surface area contributed by atoms with Crippen LogP contribution in [0.2, 0.25) is 0 Å². The highest BCUT2D eigenvalue weighted by Crippen LogP contribution is 2.25. The molecule has 2 aliphatic rings. The first-order valence-corrected chi connectivity index (χ1v) is 8.97. The Morgan fingerprint density at radius 1 is 0.800 bits per heavy atom. The summed E-state index contributed by atoms with van der Waals surface area (Å²) in [5, 5.41) is 27.4. The van der Waals surface area contributed by atoms with E-state index in [1.807, 2.05) is 0 Å². The molecular formula is C18H21ClN6. The molecule has 0 N–H and O–H groups in total. The fourth-order valence-electron chi connectivity index (χ4n) is 3.18. The van der Waals surface area contributed by atoms with E-state index in [0.29, 0.717) is 5.57 Å². The average Bonchev–Trinajstić information content (AvgIpc) is 2.68. The number of likely N-dealkylation sites (tertiary alicyclic amines) is 2. The van der Waals surface area contributed by atoms with Gasteiger partial charge in [0.1, 0.15) is 35.2 Å². The van der Waals surface area contributed by atoms with E-state index in [-0.39, 0.29) is 10.7 Å². The van der Waals surface area contributed by atoms with E-state index < -0.39 is 0 Å². The summed E-state index contributed by atoms with van der Waals surface area (Å²) in [6, 6.07) is 5.66. The van der Waals surface area contributed by atoms with Crippen molar-refractivity contribution in [2.24, 2.45) is 4.99 Å². The van der Waals surface area contributed by atoms with E-state index in [9.17, 15) is 5.26 Å². The number of allylic oxidation sites excluding steroid dienone is 2. The number of nitriles is 3. The van der Waals surface area contributed by atoms with Gasteiger partial charge in [-0.2, -0.15) is 15.8 Å². The molecule has 0 bridgehead atoms. The largest absolute Gasteiger partial charge is 0.357 e. The Morgan fingerprint density at radius 2 is 1.28 bits per heavy atom. The topological polar surface area (TPSA) is 90.2 Å². The first-order valence-electron chi connectivity index (χ1n) is 8.59. The number of aliphatic imine (C=N–C) groups is 1. The van der Waals surface area contributed by atoms with Crippen LogP contribution in [0.5, 0.6) is 0 Å². The maximum Gasteiger partial charge on any atom is 0.150 e. The zero-order valence-electron chi connectivity index (χ0n) is 14.2. The van der Waals surface area contributed by atoms with Crippen LogP contribution in [0.1, 0.15) is 38.5 Å². The van der Waals surface area contributed by atoms with Crippen LogP contribution in [0.3, 0.4) is 0 Å². The summed E-state index contributed by atoms with van der Waals surface area (Å²) in [5.74, 6) is 0.847. The van der Waals surface area contributed by atoms with E-state index in [1.54, 1.807) is 12.1 Å². The molecule has 0 atom stereocenters. The maximum absolute atomic E-state index is 9.73. The molecule has 0 amide bonds. The van der Waals surface area contributed by atoms with Crippen molar-refractivity contribution >= 4 is 16.8 Å². The molecule has 0 aromatic rings.